The van der Waals surface area contributed by atoms with Gasteiger partial charge in [0.2, 0.25) is 5.16 Å². The number of β-lactam (4-membered cyclic amide) rings is 1. The van der Waals surface area contributed by atoms with E-state index >= 15 is 0 Å². The number of oxime groups is 1. The molecular weight excluding hydrogens is 494 g/mol. The molecule has 2 aromatic rings. The van der Waals surface area contributed by atoms with Gasteiger partial charge in [0.15, 0.2) is 10.8 Å². The van der Waals surface area contributed by atoms with Gasteiger partial charge >= 0.3 is 5.97 Å². The maximum absolute atomic E-state index is 12.9. The van der Waals surface area contributed by atoms with Crippen LogP contribution in [0, 0.1) is 0 Å². The number of thioether (sulfide) groups is 2. The van der Waals surface area contributed by atoms with E-state index in [0.29, 0.717) is 22.2 Å². The molecule has 2 atom stereocenters. The fraction of sp³-hybridized carbons (Fsp3) is 0.375. The van der Waals surface area contributed by atoms with E-state index in [1.54, 1.807) is 12.4 Å². The smallest absolute Gasteiger partial charge is 0.352 e. The molecule has 0 saturated carbocycles. The second-order valence-electron chi connectivity index (χ2n) is 6.69. The lowest BCUT2D eigenvalue weighted by Gasteiger charge is -2.49. The molecule has 1 fully saturated rings. The lowest BCUT2D eigenvalue weighted by molar-refractivity contribution is -0.150. The Bertz CT molecular complexity index is 1180. The maximum Gasteiger partial charge on any atom is 0.352 e. The normalized spacial score (nSPS) is 20.4. The van der Waals surface area contributed by atoms with Crippen molar-refractivity contribution in [2.24, 2.45) is 12.2 Å². The van der Waals surface area contributed by atoms with Crippen molar-refractivity contribution in [2.75, 3.05) is 24.3 Å². The summed E-state index contributed by atoms with van der Waals surface area (Å²) in [6, 6.07) is -0.924. The van der Waals surface area contributed by atoms with Crippen molar-refractivity contribution in [1.82, 2.24) is 35.4 Å². The summed E-state index contributed by atoms with van der Waals surface area (Å²) in [6.07, 6.45) is 0. The maximum atomic E-state index is 12.9. The third-order valence-corrected chi connectivity index (χ3v) is 7.77. The Labute approximate surface area is 198 Å². The highest BCUT2D eigenvalue weighted by atomic mass is 32.2. The van der Waals surface area contributed by atoms with Crippen molar-refractivity contribution in [3.8, 4) is 0 Å². The molecule has 0 aromatic carbocycles. The number of carboxylic acid groups (broad SMARTS) is 1. The van der Waals surface area contributed by atoms with Crippen LogP contribution in [-0.2, 0) is 26.3 Å². The van der Waals surface area contributed by atoms with Crippen LogP contribution in [0.25, 0.3) is 0 Å². The zero-order valence-corrected chi connectivity index (χ0v) is 19.6. The Morgan fingerprint density at radius 1 is 1.48 bits per heavy atom. The van der Waals surface area contributed by atoms with Gasteiger partial charge in [0.25, 0.3) is 11.8 Å². The number of hydrogen-bond donors (Lipinski definition) is 3. The number of nitrogens with zero attached hydrogens (tertiary/aromatic N) is 7. The number of nitrogen functional groups attached to an aromatic ring is 1. The number of hydrogen-bond acceptors (Lipinski definition) is 13. The number of anilines is 1. The number of rotatable bonds is 8. The van der Waals surface area contributed by atoms with Crippen molar-refractivity contribution >= 4 is 63.5 Å². The molecule has 0 aliphatic carbocycles. The average Bonchev–Trinajstić information content (AvgIpc) is 3.40. The van der Waals surface area contributed by atoms with Crippen LogP contribution >= 0.6 is 34.9 Å². The first-order valence-electron chi connectivity index (χ1n) is 9.20. The largest absolute Gasteiger partial charge is 0.477 e. The van der Waals surface area contributed by atoms with Gasteiger partial charge in [0.1, 0.15) is 29.9 Å². The molecule has 4 rings (SSSR count). The number of aliphatic carboxylic acids is 1. The summed E-state index contributed by atoms with van der Waals surface area (Å²) in [7, 11) is 2.95. The minimum atomic E-state index is -1.22. The minimum absolute atomic E-state index is 0.0880. The first kappa shape index (κ1) is 23.0. The Morgan fingerprint density at radius 2 is 2.27 bits per heavy atom. The second-order valence-corrected chi connectivity index (χ2v) is 9.62. The summed E-state index contributed by atoms with van der Waals surface area (Å²) in [5.74, 6) is -1.77. The Kier molecular flexibility index (Phi) is 6.52. The number of nitrogens with two attached hydrogens (primary N) is 1. The number of fused-ring (bicyclic) bond motifs is 1. The number of carboxylic acids is 1. The summed E-state index contributed by atoms with van der Waals surface area (Å²) < 4.78 is 1.47. The van der Waals surface area contributed by atoms with Gasteiger partial charge in [-0.15, -0.1) is 28.2 Å². The first-order chi connectivity index (χ1) is 15.8. The number of aromatic nitrogens is 5. The molecule has 0 unspecified atom stereocenters. The zero-order valence-electron chi connectivity index (χ0n) is 17.2. The highest BCUT2D eigenvalue weighted by Crippen LogP contribution is 2.41. The number of amides is 2. The van der Waals surface area contributed by atoms with Crippen molar-refractivity contribution in [3.63, 3.8) is 0 Å². The fourth-order valence-corrected chi connectivity index (χ4v) is 6.07. The van der Waals surface area contributed by atoms with Crippen LogP contribution in [0.2, 0.25) is 0 Å². The molecule has 0 bridgehead atoms. The van der Waals surface area contributed by atoms with Crippen LogP contribution in [0.1, 0.15) is 5.69 Å². The summed E-state index contributed by atoms with van der Waals surface area (Å²) in [6.45, 7) is 0. The number of carbonyl (C=O) groups is 3. The van der Waals surface area contributed by atoms with Gasteiger partial charge in [0.05, 0.1) is 0 Å². The standard InChI is InChI=1S/C16H17N9O5S3/c1-24-16(20-22-23-24)33-4-6-3-31-13-9(12(27)25(13)10(6)14(28)29)19-11(26)8(21-30-2)7-5-32-15(17)18-7/h5,9,13H,3-4H2,1-2H3,(H2,17,18)(H,19,26)(H,28,29)/t9-,13+/m0/s1. The van der Waals surface area contributed by atoms with Crippen molar-refractivity contribution in [3.05, 3.63) is 22.3 Å². The van der Waals surface area contributed by atoms with Crippen LogP contribution in [0.15, 0.2) is 27.0 Å². The SMILES string of the molecule is CON=C(C(=O)N[C@H]1C(=O)N2C(C(=O)O)=C(CSc3nnnn3C)CS[C@H]12)c1csc(N)n1. The molecular formula is C16H17N9O5S3. The molecule has 1 saturated heterocycles. The topological polar surface area (TPSA) is 191 Å². The predicted molar refractivity (Wildman–Crippen MR) is 119 cm³/mol. The summed E-state index contributed by atoms with van der Waals surface area (Å²) in [5, 5.41) is 29.0. The highest BCUT2D eigenvalue weighted by molar-refractivity contribution is 8.01. The zero-order chi connectivity index (χ0) is 23.7. The van der Waals surface area contributed by atoms with Gasteiger partial charge in [-0.3, -0.25) is 14.5 Å². The van der Waals surface area contributed by atoms with E-state index in [1.165, 1.54) is 40.2 Å². The van der Waals surface area contributed by atoms with E-state index in [4.69, 9.17) is 10.6 Å². The Hall–Kier alpha value is -3.18. The molecule has 0 radical (unpaired) electrons. The summed E-state index contributed by atoms with van der Waals surface area (Å²) in [4.78, 5) is 47.6. The monoisotopic (exact) mass is 511 g/mol. The fourth-order valence-electron chi connectivity index (χ4n) is 3.19. The van der Waals surface area contributed by atoms with Crippen molar-refractivity contribution in [1.29, 1.82) is 0 Å². The molecule has 2 aliphatic heterocycles. The molecule has 174 valence electrons. The lowest BCUT2D eigenvalue weighted by atomic mass is 10.0. The van der Waals surface area contributed by atoms with Crippen LogP contribution in [0.5, 0.6) is 0 Å². The molecule has 4 N–H and O–H groups in total. The quantitative estimate of drug-likeness (QED) is 0.172. The number of tetrazole rings is 1. The molecule has 17 heteroatoms. The van der Waals surface area contributed by atoms with E-state index in [2.05, 4.69) is 31.0 Å². The first-order valence-corrected chi connectivity index (χ1v) is 12.1. The van der Waals surface area contributed by atoms with E-state index in [-0.39, 0.29) is 22.2 Å². The summed E-state index contributed by atoms with van der Waals surface area (Å²) >= 11 is 3.75. The molecule has 4 heterocycles. The van der Waals surface area contributed by atoms with E-state index in [0.717, 1.165) is 11.3 Å². The van der Waals surface area contributed by atoms with Gasteiger partial charge < -0.3 is 21.0 Å². The molecule has 0 spiro atoms. The third kappa shape index (κ3) is 4.38. The minimum Gasteiger partial charge on any atom is -0.477 e. The summed E-state index contributed by atoms with van der Waals surface area (Å²) in [5.41, 5.74) is 6.17. The van der Waals surface area contributed by atoms with Gasteiger partial charge in [-0.05, 0) is 16.0 Å². The van der Waals surface area contributed by atoms with Crippen LogP contribution in [-0.4, -0.2) is 88.7 Å². The molecule has 2 aromatic heterocycles. The van der Waals surface area contributed by atoms with Crippen LogP contribution in [0.3, 0.4) is 0 Å². The van der Waals surface area contributed by atoms with Crippen molar-refractivity contribution in [2.45, 2.75) is 16.6 Å². The van der Waals surface area contributed by atoms with E-state index < -0.39 is 29.2 Å². The van der Waals surface area contributed by atoms with Gasteiger partial charge in [0, 0.05) is 23.9 Å². The van der Waals surface area contributed by atoms with E-state index in [1.807, 2.05) is 0 Å². The third-order valence-electron chi connectivity index (χ3n) is 4.66. The molecule has 14 nitrogen and oxygen atoms in total. The van der Waals surface area contributed by atoms with Crippen LogP contribution < -0.4 is 11.1 Å². The van der Waals surface area contributed by atoms with Gasteiger partial charge in [-0.2, -0.15) is 0 Å². The Morgan fingerprint density at radius 3 is 2.88 bits per heavy atom. The average molecular weight is 512 g/mol. The molecule has 2 amide bonds. The number of nitrogens with one attached hydrogen (secondary N) is 1. The van der Waals surface area contributed by atoms with Crippen LogP contribution in [0.4, 0.5) is 5.13 Å². The Balaban J connectivity index is 1.49. The lowest BCUT2D eigenvalue weighted by Crippen LogP contribution is -2.71. The van der Waals surface area contributed by atoms with E-state index in [9.17, 15) is 19.5 Å². The predicted octanol–water partition coefficient (Wildman–Crippen LogP) is -0.870. The second kappa shape index (κ2) is 9.36. The number of thiazole rings is 1. The number of aryl methyl sites for hydroxylation is 1. The highest BCUT2D eigenvalue weighted by Gasteiger charge is 2.54. The van der Waals surface area contributed by atoms with Crippen molar-refractivity contribution < 1.29 is 24.3 Å². The van der Waals surface area contributed by atoms with Gasteiger partial charge in [-0.25, -0.2) is 14.5 Å². The molecule has 2 aliphatic rings. The molecule has 33 heavy (non-hydrogen) atoms. The number of carbonyl (C=O) groups excluding carboxylic acids is 2. The van der Waals surface area contributed by atoms with Gasteiger partial charge in [-0.1, -0.05) is 16.9 Å².